The van der Waals surface area contributed by atoms with Crippen molar-refractivity contribution in [2.75, 3.05) is 0 Å². The van der Waals surface area contributed by atoms with E-state index in [0.29, 0.717) is 0 Å². The molecule has 1 aromatic rings. The van der Waals surface area contributed by atoms with E-state index in [1.165, 1.54) is 0 Å². The first-order chi connectivity index (χ1) is 6.96. The van der Waals surface area contributed by atoms with Crippen molar-refractivity contribution in [1.82, 2.24) is 4.98 Å². The minimum atomic E-state index is -4.79. The van der Waals surface area contributed by atoms with Crippen LogP contribution in [-0.2, 0) is 5.88 Å². The summed E-state index contributed by atoms with van der Waals surface area (Å²) in [5.74, 6) is -0.681. The van der Waals surface area contributed by atoms with E-state index in [1.807, 2.05) is 0 Å². The van der Waals surface area contributed by atoms with Crippen LogP contribution >= 0.6 is 11.6 Å². The molecular formula is C8H4ClF3N2O. The first-order valence-corrected chi connectivity index (χ1v) is 4.20. The van der Waals surface area contributed by atoms with Crippen LogP contribution in [0.5, 0.6) is 5.75 Å². The Balaban J connectivity index is 3.04. The Hall–Kier alpha value is -1.48. The Morgan fingerprint density at radius 3 is 2.67 bits per heavy atom. The number of pyridine rings is 1. The number of ether oxygens (including phenoxy) is 1. The van der Waals surface area contributed by atoms with Gasteiger partial charge in [-0.2, -0.15) is 5.26 Å². The van der Waals surface area contributed by atoms with Crippen molar-refractivity contribution in [3.05, 3.63) is 23.5 Å². The van der Waals surface area contributed by atoms with Gasteiger partial charge in [0, 0.05) is 5.56 Å². The Morgan fingerprint density at radius 2 is 2.20 bits per heavy atom. The molecule has 1 rings (SSSR count). The van der Waals surface area contributed by atoms with Gasteiger partial charge in [0.1, 0.15) is 11.8 Å². The normalized spacial score (nSPS) is 10.9. The Morgan fingerprint density at radius 1 is 1.53 bits per heavy atom. The lowest BCUT2D eigenvalue weighted by atomic mass is 10.2. The van der Waals surface area contributed by atoms with E-state index in [0.717, 1.165) is 12.3 Å². The molecule has 0 aromatic carbocycles. The van der Waals surface area contributed by atoms with Crippen LogP contribution in [-0.4, -0.2) is 11.3 Å². The summed E-state index contributed by atoms with van der Waals surface area (Å²) >= 11 is 5.41. The SMILES string of the molecule is N#Cc1cc(CCl)c(OC(F)(F)F)cn1. The molecule has 0 N–H and O–H groups in total. The molecule has 0 aliphatic carbocycles. The van der Waals surface area contributed by atoms with Gasteiger partial charge in [0.25, 0.3) is 0 Å². The van der Waals surface area contributed by atoms with Crippen LogP contribution in [0.25, 0.3) is 0 Å². The maximum atomic E-state index is 11.9. The molecule has 0 fully saturated rings. The van der Waals surface area contributed by atoms with E-state index in [9.17, 15) is 13.2 Å². The number of nitriles is 1. The number of hydrogen-bond acceptors (Lipinski definition) is 3. The molecule has 80 valence electrons. The van der Waals surface area contributed by atoms with Gasteiger partial charge in [0.05, 0.1) is 12.1 Å². The molecule has 1 heterocycles. The van der Waals surface area contributed by atoms with Gasteiger partial charge in [-0.05, 0) is 6.07 Å². The molecule has 1 aromatic heterocycles. The largest absolute Gasteiger partial charge is 0.573 e. The van der Waals surface area contributed by atoms with Crippen LogP contribution in [0.4, 0.5) is 13.2 Å². The monoisotopic (exact) mass is 236 g/mol. The molecule has 0 amide bonds. The van der Waals surface area contributed by atoms with Crippen molar-refractivity contribution in [3.8, 4) is 11.8 Å². The van der Waals surface area contributed by atoms with E-state index in [-0.39, 0.29) is 17.1 Å². The summed E-state index contributed by atoms with van der Waals surface area (Å²) < 4.78 is 39.3. The summed E-state index contributed by atoms with van der Waals surface area (Å²) in [6.07, 6.45) is -3.97. The topological polar surface area (TPSA) is 45.9 Å². The lowest BCUT2D eigenvalue weighted by Gasteiger charge is -2.11. The second-order valence-corrected chi connectivity index (χ2v) is 2.74. The van der Waals surface area contributed by atoms with Crippen molar-refractivity contribution in [1.29, 1.82) is 5.26 Å². The number of alkyl halides is 4. The van der Waals surface area contributed by atoms with Gasteiger partial charge < -0.3 is 4.74 Å². The maximum absolute atomic E-state index is 11.9. The number of aromatic nitrogens is 1. The van der Waals surface area contributed by atoms with E-state index in [4.69, 9.17) is 16.9 Å². The van der Waals surface area contributed by atoms with Gasteiger partial charge in [-0.15, -0.1) is 24.8 Å². The molecule has 0 atom stereocenters. The first-order valence-electron chi connectivity index (χ1n) is 3.67. The Kier molecular flexibility index (Phi) is 3.37. The summed E-state index contributed by atoms with van der Waals surface area (Å²) in [6.45, 7) is 0. The molecule has 3 nitrogen and oxygen atoms in total. The van der Waals surface area contributed by atoms with Crippen molar-refractivity contribution in [3.63, 3.8) is 0 Å². The molecule has 0 radical (unpaired) electrons. The standard InChI is InChI=1S/C8H4ClF3N2O/c9-2-5-1-6(3-13)14-4-7(5)15-8(10,11)12/h1,4H,2H2. The molecule has 0 bridgehead atoms. The summed E-state index contributed by atoms with van der Waals surface area (Å²) in [6, 6.07) is 2.83. The molecule has 0 saturated heterocycles. The molecule has 0 spiro atoms. The van der Waals surface area contributed by atoms with Gasteiger partial charge in [-0.3, -0.25) is 0 Å². The second-order valence-electron chi connectivity index (χ2n) is 2.47. The van der Waals surface area contributed by atoms with Crippen molar-refractivity contribution in [2.24, 2.45) is 0 Å². The maximum Gasteiger partial charge on any atom is 0.573 e. The van der Waals surface area contributed by atoms with E-state index in [2.05, 4.69) is 9.72 Å². The van der Waals surface area contributed by atoms with E-state index >= 15 is 0 Å². The fourth-order valence-electron chi connectivity index (χ4n) is 0.867. The second kappa shape index (κ2) is 4.36. The highest BCUT2D eigenvalue weighted by Gasteiger charge is 2.32. The lowest BCUT2D eigenvalue weighted by Crippen LogP contribution is -2.18. The zero-order chi connectivity index (χ0) is 11.5. The van der Waals surface area contributed by atoms with Gasteiger partial charge >= 0.3 is 6.36 Å². The van der Waals surface area contributed by atoms with E-state index < -0.39 is 12.1 Å². The fourth-order valence-corrected chi connectivity index (χ4v) is 1.08. The average molecular weight is 237 g/mol. The van der Waals surface area contributed by atoms with Crippen LogP contribution in [0.1, 0.15) is 11.3 Å². The third kappa shape index (κ3) is 3.29. The van der Waals surface area contributed by atoms with Crippen LogP contribution in [0, 0.1) is 11.3 Å². The molecule has 0 saturated carbocycles. The molecule has 0 aliphatic rings. The highest BCUT2D eigenvalue weighted by Crippen LogP contribution is 2.26. The van der Waals surface area contributed by atoms with Gasteiger partial charge in [-0.25, -0.2) is 4.98 Å². The highest BCUT2D eigenvalue weighted by atomic mass is 35.5. The number of nitrogens with zero attached hydrogens (tertiary/aromatic N) is 2. The predicted octanol–water partition coefficient (Wildman–Crippen LogP) is 2.59. The zero-order valence-corrected chi connectivity index (χ0v) is 7.93. The third-order valence-corrected chi connectivity index (χ3v) is 1.72. The van der Waals surface area contributed by atoms with Crippen LogP contribution in [0.15, 0.2) is 12.3 Å². The van der Waals surface area contributed by atoms with Gasteiger partial charge in [-0.1, -0.05) is 0 Å². The van der Waals surface area contributed by atoms with E-state index in [1.54, 1.807) is 6.07 Å². The average Bonchev–Trinajstić information content (AvgIpc) is 2.16. The minimum Gasteiger partial charge on any atom is -0.404 e. The van der Waals surface area contributed by atoms with Crippen molar-refractivity contribution in [2.45, 2.75) is 12.2 Å². The number of halogens is 4. The lowest BCUT2D eigenvalue weighted by molar-refractivity contribution is -0.275. The van der Waals surface area contributed by atoms with Crippen LogP contribution < -0.4 is 4.74 Å². The van der Waals surface area contributed by atoms with Gasteiger partial charge in [0.2, 0.25) is 0 Å². The van der Waals surface area contributed by atoms with Crippen LogP contribution in [0.3, 0.4) is 0 Å². The summed E-state index contributed by atoms with van der Waals surface area (Å²) in [5.41, 5.74) is 0.0562. The third-order valence-electron chi connectivity index (χ3n) is 1.43. The van der Waals surface area contributed by atoms with Gasteiger partial charge in [0.15, 0.2) is 5.75 Å². The molecular weight excluding hydrogens is 233 g/mol. The smallest absolute Gasteiger partial charge is 0.404 e. The van der Waals surface area contributed by atoms with Crippen molar-refractivity contribution >= 4 is 11.6 Å². The summed E-state index contributed by atoms with van der Waals surface area (Å²) in [4.78, 5) is 3.45. The fraction of sp³-hybridized carbons (Fsp3) is 0.250. The molecule has 15 heavy (non-hydrogen) atoms. The molecule has 0 aliphatic heterocycles. The molecule has 0 unspecified atom stereocenters. The quantitative estimate of drug-likeness (QED) is 0.742. The summed E-state index contributed by atoms with van der Waals surface area (Å²) in [7, 11) is 0. The Bertz CT molecular complexity index is 400. The Labute approximate surface area is 88.1 Å². The summed E-state index contributed by atoms with van der Waals surface area (Å²) in [5, 5.41) is 8.46. The first kappa shape index (κ1) is 11.6. The predicted molar refractivity (Wildman–Crippen MR) is 45.2 cm³/mol. The molecule has 7 heteroatoms. The van der Waals surface area contributed by atoms with Crippen LogP contribution in [0.2, 0.25) is 0 Å². The highest BCUT2D eigenvalue weighted by molar-refractivity contribution is 6.17. The van der Waals surface area contributed by atoms with Crippen molar-refractivity contribution < 1.29 is 17.9 Å². The minimum absolute atomic E-state index is 0.0137. The zero-order valence-electron chi connectivity index (χ0n) is 7.18. The number of hydrogen-bond donors (Lipinski definition) is 0. The number of rotatable bonds is 2.